The smallest absolute Gasteiger partial charge is 0.317 e. The maximum Gasteiger partial charge on any atom is 0.317 e. The number of carboxylic acids is 1. The molecule has 0 aromatic rings. The molecule has 1 aliphatic carbocycles. The summed E-state index contributed by atoms with van der Waals surface area (Å²) in [5.74, 6) is 0.182. The molecule has 0 aromatic carbocycles. The molecular formula is C13H23NO4S. The van der Waals surface area contributed by atoms with Gasteiger partial charge in [-0.3, -0.25) is 9.69 Å². The van der Waals surface area contributed by atoms with Crippen LogP contribution in [-0.2, 0) is 14.6 Å². The SMILES string of the molecule is CC1CCC(N(CC(=O)O)C2CCS(=O)(=O)C2)CC1. The fourth-order valence-corrected chi connectivity index (χ4v) is 5.07. The Kier molecular flexibility index (Phi) is 4.50. The summed E-state index contributed by atoms with van der Waals surface area (Å²) in [6.45, 7) is 2.19. The maximum absolute atomic E-state index is 11.6. The highest BCUT2D eigenvalue weighted by atomic mass is 32.2. The van der Waals surface area contributed by atoms with Gasteiger partial charge in [-0.1, -0.05) is 6.92 Å². The third-order valence-electron chi connectivity index (χ3n) is 4.45. The lowest BCUT2D eigenvalue weighted by atomic mass is 9.86. The summed E-state index contributed by atoms with van der Waals surface area (Å²) in [7, 11) is -2.96. The van der Waals surface area contributed by atoms with Gasteiger partial charge < -0.3 is 5.11 Å². The Morgan fingerprint density at radius 2 is 1.79 bits per heavy atom. The minimum Gasteiger partial charge on any atom is -0.480 e. The third kappa shape index (κ3) is 3.92. The fraction of sp³-hybridized carbons (Fsp3) is 0.923. The summed E-state index contributed by atoms with van der Waals surface area (Å²) >= 11 is 0. The minimum atomic E-state index is -2.96. The number of carboxylic acid groups (broad SMARTS) is 1. The first-order valence-corrected chi connectivity index (χ1v) is 8.87. The van der Waals surface area contributed by atoms with E-state index in [9.17, 15) is 13.2 Å². The number of rotatable bonds is 4. The number of nitrogens with zero attached hydrogens (tertiary/aromatic N) is 1. The maximum atomic E-state index is 11.6. The molecule has 110 valence electrons. The van der Waals surface area contributed by atoms with E-state index in [-0.39, 0.29) is 30.1 Å². The van der Waals surface area contributed by atoms with Crippen LogP contribution in [0.15, 0.2) is 0 Å². The van der Waals surface area contributed by atoms with Crippen LogP contribution in [-0.4, -0.2) is 54.5 Å². The highest BCUT2D eigenvalue weighted by Crippen LogP contribution is 2.30. The van der Waals surface area contributed by atoms with Gasteiger partial charge in [0.1, 0.15) is 0 Å². The number of carbonyl (C=O) groups is 1. The standard InChI is InChI=1S/C13H23NO4S/c1-10-2-4-11(5-3-10)14(8-13(15)16)12-6-7-19(17,18)9-12/h10-12H,2-9H2,1H3,(H,15,16). The van der Waals surface area contributed by atoms with Crippen LogP contribution in [0.4, 0.5) is 0 Å². The molecule has 1 N–H and O–H groups in total. The van der Waals surface area contributed by atoms with Gasteiger partial charge in [0.15, 0.2) is 9.84 Å². The second-order valence-corrected chi connectivity index (χ2v) is 8.27. The minimum absolute atomic E-state index is 0.0285. The normalized spacial score (nSPS) is 34.5. The molecule has 19 heavy (non-hydrogen) atoms. The first-order valence-electron chi connectivity index (χ1n) is 7.05. The zero-order valence-corrected chi connectivity index (χ0v) is 12.2. The van der Waals surface area contributed by atoms with Crippen LogP contribution in [0, 0.1) is 5.92 Å². The average Bonchev–Trinajstić information content (AvgIpc) is 2.67. The first kappa shape index (κ1) is 14.8. The van der Waals surface area contributed by atoms with Crippen LogP contribution in [0.2, 0.25) is 0 Å². The lowest BCUT2D eigenvalue weighted by Crippen LogP contribution is -2.48. The number of sulfone groups is 1. The van der Waals surface area contributed by atoms with E-state index >= 15 is 0 Å². The van der Waals surface area contributed by atoms with Crippen LogP contribution in [0.5, 0.6) is 0 Å². The predicted octanol–water partition coefficient (Wildman–Crippen LogP) is 1.14. The molecule has 6 heteroatoms. The van der Waals surface area contributed by atoms with Crippen LogP contribution in [0.1, 0.15) is 39.0 Å². The van der Waals surface area contributed by atoms with E-state index in [4.69, 9.17) is 5.11 Å². The van der Waals surface area contributed by atoms with E-state index in [0.717, 1.165) is 25.7 Å². The topological polar surface area (TPSA) is 74.7 Å². The van der Waals surface area contributed by atoms with Gasteiger partial charge in [0.2, 0.25) is 0 Å². The van der Waals surface area contributed by atoms with Crippen LogP contribution in [0.3, 0.4) is 0 Å². The van der Waals surface area contributed by atoms with E-state index in [1.807, 2.05) is 4.90 Å². The highest BCUT2D eigenvalue weighted by molar-refractivity contribution is 7.91. The Balaban J connectivity index is 2.05. The fourth-order valence-electron chi connectivity index (χ4n) is 3.32. The quantitative estimate of drug-likeness (QED) is 0.840. The summed E-state index contributed by atoms with van der Waals surface area (Å²) in [4.78, 5) is 13.0. The Morgan fingerprint density at radius 1 is 1.16 bits per heavy atom. The molecular weight excluding hydrogens is 266 g/mol. The van der Waals surface area contributed by atoms with E-state index in [1.165, 1.54) is 0 Å². The first-order chi connectivity index (χ1) is 8.87. The largest absolute Gasteiger partial charge is 0.480 e. The zero-order valence-electron chi connectivity index (χ0n) is 11.4. The Bertz CT molecular complexity index is 426. The second-order valence-electron chi connectivity index (χ2n) is 6.04. The molecule has 1 saturated heterocycles. The van der Waals surface area contributed by atoms with Crippen molar-refractivity contribution >= 4 is 15.8 Å². The van der Waals surface area contributed by atoms with Crippen LogP contribution < -0.4 is 0 Å². The molecule has 1 aliphatic heterocycles. The average molecular weight is 289 g/mol. The van der Waals surface area contributed by atoms with E-state index in [2.05, 4.69) is 6.92 Å². The van der Waals surface area contributed by atoms with Crippen LogP contribution in [0.25, 0.3) is 0 Å². The number of aliphatic carboxylic acids is 1. The molecule has 1 unspecified atom stereocenters. The summed E-state index contributed by atoms with van der Waals surface area (Å²) in [5, 5.41) is 9.07. The molecule has 2 fully saturated rings. The van der Waals surface area contributed by atoms with Crippen molar-refractivity contribution in [1.29, 1.82) is 0 Å². The highest BCUT2D eigenvalue weighted by Gasteiger charge is 2.37. The Morgan fingerprint density at radius 3 is 2.26 bits per heavy atom. The molecule has 0 spiro atoms. The molecule has 1 saturated carbocycles. The van der Waals surface area contributed by atoms with E-state index in [1.54, 1.807) is 0 Å². The summed E-state index contributed by atoms with van der Waals surface area (Å²) in [5.41, 5.74) is 0. The summed E-state index contributed by atoms with van der Waals surface area (Å²) in [6, 6.07) is 0.144. The molecule has 2 aliphatic rings. The van der Waals surface area contributed by atoms with Gasteiger partial charge >= 0.3 is 5.97 Å². The summed E-state index contributed by atoms with van der Waals surface area (Å²) < 4.78 is 23.2. The van der Waals surface area contributed by atoms with E-state index in [0.29, 0.717) is 12.3 Å². The Hall–Kier alpha value is -0.620. The zero-order chi connectivity index (χ0) is 14.0. The van der Waals surface area contributed by atoms with Crippen molar-refractivity contribution in [3.8, 4) is 0 Å². The van der Waals surface area contributed by atoms with Gasteiger partial charge in [-0.25, -0.2) is 8.42 Å². The van der Waals surface area contributed by atoms with Crippen molar-refractivity contribution < 1.29 is 18.3 Å². The van der Waals surface area contributed by atoms with Gasteiger partial charge in [0.05, 0.1) is 18.1 Å². The summed E-state index contributed by atoms with van der Waals surface area (Å²) in [6.07, 6.45) is 4.79. The van der Waals surface area contributed by atoms with E-state index < -0.39 is 15.8 Å². The van der Waals surface area contributed by atoms with Crippen molar-refractivity contribution in [3.63, 3.8) is 0 Å². The second kappa shape index (κ2) is 5.79. The van der Waals surface area contributed by atoms with Gasteiger partial charge in [-0.2, -0.15) is 0 Å². The predicted molar refractivity (Wildman–Crippen MR) is 72.8 cm³/mol. The van der Waals surface area contributed by atoms with Gasteiger partial charge in [0.25, 0.3) is 0 Å². The third-order valence-corrected chi connectivity index (χ3v) is 6.20. The monoisotopic (exact) mass is 289 g/mol. The van der Waals surface area contributed by atoms with Gasteiger partial charge in [-0.05, 0) is 38.0 Å². The molecule has 2 rings (SSSR count). The molecule has 1 heterocycles. The molecule has 0 radical (unpaired) electrons. The van der Waals surface area contributed by atoms with Crippen molar-refractivity contribution in [1.82, 2.24) is 4.90 Å². The lowest BCUT2D eigenvalue weighted by Gasteiger charge is -2.38. The molecule has 1 atom stereocenters. The van der Waals surface area contributed by atoms with Crippen LogP contribution >= 0.6 is 0 Å². The van der Waals surface area contributed by atoms with Gasteiger partial charge in [-0.15, -0.1) is 0 Å². The molecule has 0 bridgehead atoms. The number of hydrogen-bond acceptors (Lipinski definition) is 4. The Labute approximate surface area is 114 Å². The molecule has 0 aromatic heterocycles. The lowest BCUT2D eigenvalue weighted by molar-refractivity contribution is -0.139. The van der Waals surface area contributed by atoms with Crippen molar-refractivity contribution in [2.45, 2.75) is 51.1 Å². The van der Waals surface area contributed by atoms with Crippen molar-refractivity contribution in [2.24, 2.45) is 5.92 Å². The van der Waals surface area contributed by atoms with Crippen molar-refractivity contribution in [2.75, 3.05) is 18.1 Å². The molecule has 5 nitrogen and oxygen atoms in total. The number of hydrogen-bond donors (Lipinski definition) is 1. The molecule has 0 amide bonds. The van der Waals surface area contributed by atoms with Gasteiger partial charge in [0, 0.05) is 12.1 Å². The van der Waals surface area contributed by atoms with Crippen molar-refractivity contribution in [3.05, 3.63) is 0 Å².